The van der Waals surface area contributed by atoms with Gasteiger partial charge in [-0.2, -0.15) is 0 Å². The Balaban J connectivity index is 2.71. The van der Waals surface area contributed by atoms with E-state index in [-0.39, 0.29) is 16.9 Å². The average Bonchev–Trinajstić information content (AvgIpc) is 2.23. The molecule has 2 N–H and O–H groups in total. The monoisotopic (exact) mass is 232 g/mol. The van der Waals surface area contributed by atoms with Crippen molar-refractivity contribution >= 4 is 0 Å². The zero-order valence-corrected chi connectivity index (χ0v) is 10.5. The van der Waals surface area contributed by atoms with Crippen molar-refractivity contribution in [1.82, 2.24) is 0 Å². The molecule has 2 heteroatoms. The largest absolute Gasteiger partial charge is 0.508 e. The molecule has 0 aliphatic heterocycles. The lowest BCUT2D eigenvalue weighted by Crippen LogP contribution is -2.16. The highest BCUT2D eigenvalue weighted by Gasteiger charge is 2.21. The molecule has 0 aliphatic rings. The Morgan fingerprint density at radius 1 is 1.12 bits per heavy atom. The molecule has 0 aromatic heterocycles. The lowest BCUT2D eigenvalue weighted by Gasteiger charge is -2.25. The zero-order valence-electron chi connectivity index (χ0n) is 10.5. The normalized spacial score (nSPS) is 11.1. The third-order valence-corrected chi connectivity index (χ3v) is 3.06. The van der Waals surface area contributed by atoms with Gasteiger partial charge >= 0.3 is 0 Å². The van der Waals surface area contributed by atoms with Crippen LogP contribution in [-0.2, 0) is 5.41 Å². The van der Waals surface area contributed by atoms with E-state index in [0.29, 0.717) is 0 Å². The van der Waals surface area contributed by atoms with E-state index in [1.165, 1.54) is 6.07 Å². The van der Waals surface area contributed by atoms with Gasteiger partial charge in [-0.1, -0.05) is 20.3 Å². The van der Waals surface area contributed by atoms with Crippen LogP contribution in [0.1, 0.15) is 45.1 Å². The Bertz CT molecular complexity index is 393. The van der Waals surface area contributed by atoms with Crippen LogP contribution in [-0.4, -0.2) is 10.2 Å². The van der Waals surface area contributed by atoms with Crippen molar-refractivity contribution in [1.29, 1.82) is 0 Å². The van der Waals surface area contributed by atoms with Gasteiger partial charge in [0.25, 0.3) is 0 Å². The van der Waals surface area contributed by atoms with Crippen LogP contribution in [0, 0.1) is 12.3 Å². The molecule has 1 rings (SSSR count). The van der Waals surface area contributed by atoms with Crippen LogP contribution in [0.4, 0.5) is 0 Å². The van der Waals surface area contributed by atoms with Crippen LogP contribution >= 0.6 is 0 Å². The first-order valence-electron chi connectivity index (χ1n) is 5.93. The maximum absolute atomic E-state index is 9.48. The fourth-order valence-corrected chi connectivity index (χ4v) is 1.92. The number of phenols is 2. The van der Waals surface area contributed by atoms with Crippen molar-refractivity contribution in [3.05, 3.63) is 23.8 Å². The number of hydrogen-bond acceptors (Lipinski definition) is 2. The molecular weight excluding hydrogens is 212 g/mol. The Hall–Kier alpha value is -1.62. The van der Waals surface area contributed by atoms with E-state index in [0.717, 1.165) is 31.2 Å². The molecule has 0 aliphatic carbocycles. The van der Waals surface area contributed by atoms with Gasteiger partial charge in [-0.25, -0.2) is 0 Å². The first-order chi connectivity index (χ1) is 7.95. The first-order valence-corrected chi connectivity index (χ1v) is 5.93. The van der Waals surface area contributed by atoms with E-state index >= 15 is 0 Å². The van der Waals surface area contributed by atoms with E-state index < -0.39 is 0 Å². The van der Waals surface area contributed by atoms with Crippen LogP contribution in [0.25, 0.3) is 0 Å². The average molecular weight is 232 g/mol. The maximum atomic E-state index is 9.48. The fourth-order valence-electron chi connectivity index (χ4n) is 1.92. The van der Waals surface area contributed by atoms with Gasteiger partial charge in [0.05, 0.1) is 0 Å². The van der Waals surface area contributed by atoms with Crippen LogP contribution in [0.5, 0.6) is 11.5 Å². The highest BCUT2D eigenvalue weighted by molar-refractivity contribution is 5.39. The highest BCUT2D eigenvalue weighted by Crippen LogP contribution is 2.33. The molecule has 0 atom stereocenters. The summed E-state index contributed by atoms with van der Waals surface area (Å²) in [7, 11) is 0. The minimum atomic E-state index is -0.0647. The van der Waals surface area contributed by atoms with E-state index in [2.05, 4.69) is 19.8 Å². The SMILES string of the molecule is C#CCCCCC(C)(C)c1cc(O)cc(O)c1. The topological polar surface area (TPSA) is 40.5 Å². The summed E-state index contributed by atoms with van der Waals surface area (Å²) in [6, 6.07) is 4.76. The van der Waals surface area contributed by atoms with Gasteiger partial charge < -0.3 is 10.2 Å². The summed E-state index contributed by atoms with van der Waals surface area (Å²) >= 11 is 0. The molecule has 1 aromatic carbocycles. The van der Waals surface area contributed by atoms with Crippen molar-refractivity contribution < 1.29 is 10.2 Å². The number of benzene rings is 1. The molecule has 2 nitrogen and oxygen atoms in total. The van der Waals surface area contributed by atoms with Gasteiger partial charge in [0.1, 0.15) is 11.5 Å². The molecule has 0 radical (unpaired) electrons. The molecule has 0 saturated heterocycles. The maximum Gasteiger partial charge on any atom is 0.119 e. The number of phenolic OH excluding ortho intramolecular Hbond substituents is 2. The zero-order chi connectivity index (χ0) is 12.9. The van der Waals surface area contributed by atoms with Crippen molar-refractivity contribution in [3.63, 3.8) is 0 Å². The van der Waals surface area contributed by atoms with Crippen LogP contribution in [0.3, 0.4) is 0 Å². The summed E-state index contributed by atoms with van der Waals surface area (Å²) in [5, 5.41) is 19.0. The van der Waals surface area contributed by atoms with E-state index in [1.54, 1.807) is 12.1 Å². The van der Waals surface area contributed by atoms with Gasteiger partial charge in [0.2, 0.25) is 0 Å². The third-order valence-electron chi connectivity index (χ3n) is 3.06. The Labute approximate surface area is 103 Å². The van der Waals surface area contributed by atoms with Crippen molar-refractivity contribution in [3.8, 4) is 23.8 Å². The number of unbranched alkanes of at least 4 members (excludes halogenated alkanes) is 2. The summed E-state index contributed by atoms with van der Waals surface area (Å²) in [6.07, 6.45) is 9.07. The minimum absolute atomic E-state index is 0.0647. The Kier molecular flexibility index (Phi) is 4.45. The van der Waals surface area contributed by atoms with Gasteiger partial charge in [0, 0.05) is 12.5 Å². The predicted molar refractivity (Wildman–Crippen MR) is 70.1 cm³/mol. The molecule has 0 saturated carbocycles. The number of hydrogen-bond donors (Lipinski definition) is 2. The van der Waals surface area contributed by atoms with Crippen LogP contribution < -0.4 is 0 Å². The second kappa shape index (κ2) is 5.63. The van der Waals surface area contributed by atoms with Crippen LogP contribution in [0.2, 0.25) is 0 Å². The summed E-state index contributed by atoms with van der Waals surface area (Å²) in [6.45, 7) is 4.22. The number of aromatic hydroxyl groups is 2. The first kappa shape index (κ1) is 13.4. The summed E-state index contributed by atoms with van der Waals surface area (Å²) < 4.78 is 0. The lowest BCUT2D eigenvalue weighted by atomic mass is 9.80. The molecule has 1 aromatic rings. The fraction of sp³-hybridized carbons (Fsp3) is 0.467. The molecule has 0 bridgehead atoms. The summed E-state index contributed by atoms with van der Waals surface area (Å²) in [5.41, 5.74) is 0.890. The van der Waals surface area contributed by atoms with E-state index in [1.807, 2.05) is 0 Å². The molecule has 0 amide bonds. The standard InChI is InChI=1S/C15H20O2/c1-4-5-6-7-8-15(2,3)12-9-13(16)11-14(17)10-12/h1,9-11,16-17H,5-8H2,2-3H3. The van der Waals surface area contributed by atoms with Gasteiger partial charge in [-0.15, -0.1) is 12.3 Å². The molecule has 17 heavy (non-hydrogen) atoms. The predicted octanol–water partition coefficient (Wildman–Crippen LogP) is 3.57. The van der Waals surface area contributed by atoms with Gasteiger partial charge in [-0.05, 0) is 36.0 Å². The summed E-state index contributed by atoms with van der Waals surface area (Å²) in [5.74, 6) is 2.85. The second-order valence-electron chi connectivity index (χ2n) is 5.03. The Morgan fingerprint density at radius 2 is 1.71 bits per heavy atom. The van der Waals surface area contributed by atoms with Gasteiger partial charge in [-0.3, -0.25) is 0 Å². The molecule has 0 fully saturated rings. The number of terminal acetylenes is 1. The molecule has 0 spiro atoms. The smallest absolute Gasteiger partial charge is 0.119 e. The highest BCUT2D eigenvalue weighted by atomic mass is 16.3. The van der Waals surface area contributed by atoms with Crippen molar-refractivity contribution in [2.75, 3.05) is 0 Å². The molecule has 0 unspecified atom stereocenters. The van der Waals surface area contributed by atoms with E-state index in [4.69, 9.17) is 6.42 Å². The van der Waals surface area contributed by atoms with E-state index in [9.17, 15) is 10.2 Å². The third kappa shape index (κ3) is 4.03. The lowest BCUT2D eigenvalue weighted by molar-refractivity contribution is 0.426. The Morgan fingerprint density at radius 3 is 2.24 bits per heavy atom. The van der Waals surface area contributed by atoms with Crippen LogP contribution in [0.15, 0.2) is 18.2 Å². The number of rotatable bonds is 5. The molecule has 92 valence electrons. The second-order valence-corrected chi connectivity index (χ2v) is 5.03. The van der Waals surface area contributed by atoms with Crippen molar-refractivity contribution in [2.24, 2.45) is 0 Å². The van der Waals surface area contributed by atoms with Gasteiger partial charge in [0.15, 0.2) is 0 Å². The molecular formula is C15H20O2. The summed E-state index contributed by atoms with van der Waals surface area (Å²) in [4.78, 5) is 0. The molecule has 0 heterocycles. The quantitative estimate of drug-likeness (QED) is 0.602. The minimum Gasteiger partial charge on any atom is -0.508 e. The van der Waals surface area contributed by atoms with Crippen molar-refractivity contribution in [2.45, 2.75) is 44.9 Å².